The number of aliphatic hydroxyl groups is 1. The predicted octanol–water partition coefficient (Wildman–Crippen LogP) is 5.16. The van der Waals surface area contributed by atoms with Crippen molar-refractivity contribution in [3.05, 3.63) is 93.0 Å². The van der Waals surface area contributed by atoms with Crippen LogP contribution >= 0.6 is 23.2 Å². The minimum Gasteiger partial charge on any atom is -0.392 e. The lowest BCUT2D eigenvalue weighted by Crippen LogP contribution is -2.14. The topological polar surface area (TPSA) is 123 Å². The number of Topliss-reactive ketones (excluding diaryl/α,β-unsaturated/α-hetero) is 1. The highest BCUT2D eigenvalue weighted by Gasteiger charge is 2.52. The summed E-state index contributed by atoms with van der Waals surface area (Å²) >= 11 is 13.4. The maximum absolute atomic E-state index is 12.7. The van der Waals surface area contributed by atoms with Gasteiger partial charge in [0.05, 0.1) is 22.7 Å². The molecule has 0 radical (unpaired) electrons. The zero-order chi connectivity index (χ0) is 27.8. The monoisotopic (exact) mass is 585 g/mol. The zero-order valence-electron chi connectivity index (χ0n) is 21.0. The van der Waals surface area contributed by atoms with Crippen LogP contribution in [0.3, 0.4) is 0 Å². The molecule has 1 saturated carbocycles. The Morgan fingerprint density at radius 1 is 1.03 bits per heavy atom. The van der Waals surface area contributed by atoms with Gasteiger partial charge >= 0.3 is 0 Å². The zero-order valence-corrected chi connectivity index (χ0v) is 23.4. The Hall–Kier alpha value is -3.11. The van der Waals surface area contributed by atoms with Crippen molar-refractivity contribution in [1.29, 1.82) is 0 Å². The molecular weight excluding hydrogens is 561 g/mol. The second-order valence-electron chi connectivity index (χ2n) is 9.58. The molecule has 0 bridgehead atoms. The highest BCUT2D eigenvalue weighted by molar-refractivity contribution is 7.91. The third-order valence-corrected chi connectivity index (χ3v) is 9.20. The van der Waals surface area contributed by atoms with Crippen LogP contribution in [0.5, 0.6) is 0 Å². The van der Waals surface area contributed by atoms with Gasteiger partial charge in [0.2, 0.25) is 0 Å². The fourth-order valence-corrected chi connectivity index (χ4v) is 6.26. The lowest BCUT2D eigenvalue weighted by molar-refractivity contribution is -0.117. The Balaban J connectivity index is 1.31. The summed E-state index contributed by atoms with van der Waals surface area (Å²) in [5.41, 5.74) is 2.82. The fraction of sp³-hybridized carbons (Fsp3) is 0.286. The van der Waals surface area contributed by atoms with E-state index in [4.69, 9.17) is 27.7 Å². The van der Waals surface area contributed by atoms with Gasteiger partial charge in [-0.25, -0.2) is 8.42 Å². The molecule has 39 heavy (non-hydrogen) atoms. The van der Waals surface area contributed by atoms with Crippen LogP contribution in [0.1, 0.15) is 48.0 Å². The second kappa shape index (κ2) is 10.8. The van der Waals surface area contributed by atoms with Crippen molar-refractivity contribution in [2.24, 2.45) is 0 Å². The second-order valence-corrected chi connectivity index (χ2v) is 12.7. The number of rotatable bonds is 10. The molecule has 0 saturated heterocycles. The van der Waals surface area contributed by atoms with Crippen LogP contribution in [-0.4, -0.2) is 40.2 Å². The molecule has 1 N–H and O–H groups in total. The molecular formula is C28H25Cl2N3O5S. The molecule has 5 rings (SSSR count). The van der Waals surface area contributed by atoms with Crippen molar-refractivity contribution in [3.63, 3.8) is 0 Å². The van der Waals surface area contributed by atoms with Gasteiger partial charge in [0.15, 0.2) is 15.7 Å². The van der Waals surface area contributed by atoms with Crippen LogP contribution in [0.2, 0.25) is 10.0 Å². The van der Waals surface area contributed by atoms with Gasteiger partial charge in [-0.05, 0) is 60.4 Å². The molecule has 0 atom stereocenters. The summed E-state index contributed by atoms with van der Waals surface area (Å²) in [6.07, 6.45) is 2.94. The maximum atomic E-state index is 12.7. The van der Waals surface area contributed by atoms with E-state index in [-0.39, 0.29) is 35.9 Å². The molecule has 8 nitrogen and oxygen atoms in total. The van der Waals surface area contributed by atoms with Gasteiger partial charge in [0, 0.05) is 45.9 Å². The number of aliphatic hydroxyl groups excluding tert-OH is 1. The number of sulfone groups is 1. The summed E-state index contributed by atoms with van der Waals surface area (Å²) in [5.74, 6) is 0.739. The molecule has 1 aliphatic carbocycles. The van der Waals surface area contributed by atoms with Gasteiger partial charge < -0.3 is 9.63 Å². The van der Waals surface area contributed by atoms with E-state index in [0.29, 0.717) is 38.6 Å². The van der Waals surface area contributed by atoms with Crippen LogP contribution in [-0.2, 0) is 39.5 Å². The first kappa shape index (κ1) is 27.5. The summed E-state index contributed by atoms with van der Waals surface area (Å²) < 4.78 is 29.5. The SMILES string of the molecule is CCS(=O)(=O)c1ccc(CC(=O)Cc2cc(Cl)c(C3(c4noc(-c5ccc(CO)cc5)n4)CC3)c(Cl)c2)nc1. The normalized spacial score (nSPS) is 14.4. The Kier molecular flexibility index (Phi) is 7.61. The van der Waals surface area contributed by atoms with E-state index in [0.717, 1.165) is 24.0 Å². The lowest BCUT2D eigenvalue weighted by atomic mass is 9.92. The Morgan fingerprint density at radius 3 is 2.28 bits per heavy atom. The molecule has 1 fully saturated rings. The van der Waals surface area contributed by atoms with Crippen molar-refractivity contribution in [2.75, 3.05) is 5.75 Å². The summed E-state index contributed by atoms with van der Waals surface area (Å²) in [6, 6.07) is 13.7. The molecule has 0 unspecified atom stereocenters. The van der Waals surface area contributed by atoms with Gasteiger partial charge in [-0.3, -0.25) is 9.78 Å². The van der Waals surface area contributed by atoms with Gasteiger partial charge in [-0.1, -0.05) is 47.4 Å². The molecule has 202 valence electrons. The first-order valence-corrected chi connectivity index (χ1v) is 14.8. The summed E-state index contributed by atoms with van der Waals surface area (Å²) in [5, 5.41) is 14.3. The smallest absolute Gasteiger partial charge is 0.257 e. The number of carbonyl (C=O) groups is 1. The molecule has 0 spiro atoms. The largest absolute Gasteiger partial charge is 0.392 e. The third kappa shape index (κ3) is 5.63. The van der Waals surface area contributed by atoms with Crippen LogP contribution in [0, 0.1) is 0 Å². The number of ketones is 1. The Labute approximate surface area is 235 Å². The van der Waals surface area contributed by atoms with E-state index in [1.807, 2.05) is 12.1 Å². The van der Waals surface area contributed by atoms with Crippen LogP contribution in [0.15, 0.2) is 64.1 Å². The van der Waals surface area contributed by atoms with Gasteiger partial charge in [0.25, 0.3) is 5.89 Å². The molecule has 0 aliphatic heterocycles. The van der Waals surface area contributed by atoms with E-state index < -0.39 is 15.3 Å². The van der Waals surface area contributed by atoms with Crippen molar-refractivity contribution < 1.29 is 22.8 Å². The van der Waals surface area contributed by atoms with Crippen LogP contribution < -0.4 is 0 Å². The fourth-order valence-electron chi connectivity index (χ4n) is 4.54. The number of hydrogen-bond donors (Lipinski definition) is 1. The standard InChI is InChI=1S/C28H25Cl2N3O5S/c1-2-39(36,37)22-8-7-20(31-15-22)14-21(35)11-18-12-23(29)25(24(30)13-18)28(9-10-28)27-32-26(38-33-27)19-5-3-17(16-34)4-6-19/h3-8,12-13,15,34H,2,9-11,14,16H2,1H3. The molecule has 4 aromatic rings. The van der Waals surface area contributed by atoms with Gasteiger partial charge in [-0.2, -0.15) is 4.98 Å². The highest BCUT2D eigenvalue weighted by Crippen LogP contribution is 2.56. The van der Waals surface area contributed by atoms with E-state index in [1.54, 1.807) is 37.3 Å². The minimum absolute atomic E-state index is 0.0150. The van der Waals surface area contributed by atoms with Crippen LogP contribution in [0.4, 0.5) is 0 Å². The highest BCUT2D eigenvalue weighted by atomic mass is 35.5. The Bertz CT molecular complexity index is 1610. The molecule has 2 heterocycles. The van der Waals surface area contributed by atoms with Crippen molar-refractivity contribution in [2.45, 2.75) is 49.5 Å². The maximum Gasteiger partial charge on any atom is 0.257 e. The summed E-state index contributed by atoms with van der Waals surface area (Å²) in [6.45, 7) is 1.52. The van der Waals surface area contributed by atoms with E-state index in [1.165, 1.54) is 12.3 Å². The lowest BCUT2D eigenvalue weighted by Gasteiger charge is -2.16. The quantitative estimate of drug-likeness (QED) is 0.271. The molecule has 11 heteroatoms. The molecule has 0 amide bonds. The first-order valence-electron chi connectivity index (χ1n) is 12.4. The molecule has 1 aliphatic rings. The van der Waals surface area contributed by atoms with Crippen molar-refractivity contribution in [3.8, 4) is 11.5 Å². The van der Waals surface area contributed by atoms with Crippen molar-refractivity contribution >= 4 is 38.8 Å². The Morgan fingerprint density at radius 2 is 1.72 bits per heavy atom. The van der Waals surface area contributed by atoms with E-state index in [9.17, 15) is 18.3 Å². The molecule has 2 aromatic carbocycles. The average Bonchev–Trinajstić information content (AvgIpc) is 3.54. The number of pyridine rings is 1. The van der Waals surface area contributed by atoms with Gasteiger partial charge in [-0.15, -0.1) is 0 Å². The van der Waals surface area contributed by atoms with Crippen LogP contribution in [0.25, 0.3) is 11.5 Å². The van der Waals surface area contributed by atoms with Gasteiger partial charge in [0.1, 0.15) is 5.78 Å². The van der Waals surface area contributed by atoms with Crippen molar-refractivity contribution in [1.82, 2.24) is 15.1 Å². The molecule has 2 aromatic heterocycles. The number of carbonyl (C=O) groups excluding carboxylic acids is 1. The number of hydrogen-bond acceptors (Lipinski definition) is 8. The average molecular weight is 586 g/mol. The summed E-state index contributed by atoms with van der Waals surface area (Å²) in [4.78, 5) is 21.6. The number of aromatic nitrogens is 3. The number of nitrogens with zero attached hydrogens (tertiary/aromatic N) is 3. The summed E-state index contributed by atoms with van der Waals surface area (Å²) in [7, 11) is -3.35. The number of halogens is 2. The minimum atomic E-state index is -3.35. The first-order chi connectivity index (χ1) is 18.6. The number of benzene rings is 2. The third-order valence-electron chi connectivity index (χ3n) is 6.88. The van der Waals surface area contributed by atoms with E-state index >= 15 is 0 Å². The van der Waals surface area contributed by atoms with E-state index in [2.05, 4.69) is 15.1 Å². The predicted molar refractivity (Wildman–Crippen MR) is 147 cm³/mol.